The average molecular weight is 600 g/mol. The lowest BCUT2D eigenvalue weighted by atomic mass is 9.83. The van der Waals surface area contributed by atoms with Crippen LogP contribution in [0.2, 0.25) is 0 Å². The fraction of sp³-hybridized carbons (Fsp3) is 0.194. The predicted octanol–water partition coefficient (Wildman–Crippen LogP) is 6.44. The molecule has 0 spiro atoms. The van der Waals surface area contributed by atoms with Crippen molar-refractivity contribution in [3.05, 3.63) is 121 Å². The summed E-state index contributed by atoms with van der Waals surface area (Å²) in [7, 11) is 0. The van der Waals surface area contributed by atoms with Gasteiger partial charge in [-0.1, -0.05) is 71.9 Å². The van der Waals surface area contributed by atoms with E-state index in [4.69, 9.17) is 4.52 Å². The van der Waals surface area contributed by atoms with Gasteiger partial charge in [0.2, 0.25) is 17.7 Å². The molecule has 6 rings (SSSR count). The van der Waals surface area contributed by atoms with Gasteiger partial charge in [0.15, 0.2) is 5.82 Å². The van der Waals surface area contributed by atoms with Crippen molar-refractivity contribution in [3.8, 4) is 11.5 Å². The minimum absolute atomic E-state index is 0.143. The summed E-state index contributed by atoms with van der Waals surface area (Å²) >= 11 is 0. The standard InChI is InChI=1S/C36H33N5O4/c1-25(2)40(27-17-9-5-10-18-27)32(42)24-39-29-21-13-14-22-30(29)41(28-19-11-6-12-20-28)35(44)36(3,34(39)43)23-31-37-33(45-38-31)26-15-7-4-8-16-26/h4-22,25H,23-24H2,1-3H3. The lowest BCUT2D eigenvalue weighted by Crippen LogP contribution is -2.53. The zero-order valence-corrected chi connectivity index (χ0v) is 25.3. The Morgan fingerprint density at radius 2 is 1.38 bits per heavy atom. The van der Waals surface area contributed by atoms with Crippen LogP contribution < -0.4 is 14.7 Å². The highest BCUT2D eigenvalue weighted by Gasteiger charge is 2.51. The first-order valence-corrected chi connectivity index (χ1v) is 14.8. The minimum atomic E-state index is -1.69. The van der Waals surface area contributed by atoms with E-state index in [1.54, 1.807) is 34.9 Å². The van der Waals surface area contributed by atoms with Gasteiger partial charge in [-0.2, -0.15) is 4.98 Å². The fourth-order valence-corrected chi connectivity index (χ4v) is 5.75. The number of para-hydroxylation sites is 4. The Labute approximate surface area is 261 Å². The van der Waals surface area contributed by atoms with E-state index in [1.807, 2.05) is 111 Å². The third kappa shape index (κ3) is 5.60. The van der Waals surface area contributed by atoms with Gasteiger partial charge >= 0.3 is 0 Å². The second-order valence-electron chi connectivity index (χ2n) is 11.4. The molecule has 0 N–H and O–H groups in total. The van der Waals surface area contributed by atoms with Gasteiger partial charge in [-0.25, -0.2) is 0 Å². The van der Waals surface area contributed by atoms with E-state index >= 15 is 0 Å². The first kappa shape index (κ1) is 29.5. The number of anilines is 4. The molecular weight excluding hydrogens is 566 g/mol. The Hall–Kier alpha value is -5.57. The monoisotopic (exact) mass is 599 g/mol. The van der Waals surface area contributed by atoms with Crippen LogP contribution >= 0.6 is 0 Å². The summed E-state index contributed by atoms with van der Waals surface area (Å²) in [6.45, 7) is 5.16. The van der Waals surface area contributed by atoms with Crippen molar-refractivity contribution in [2.45, 2.75) is 33.2 Å². The summed E-state index contributed by atoms with van der Waals surface area (Å²) in [6.07, 6.45) is -0.143. The number of carbonyl (C=O) groups excluding carboxylic acids is 3. The van der Waals surface area contributed by atoms with Crippen LogP contribution in [-0.4, -0.2) is 40.4 Å². The van der Waals surface area contributed by atoms with E-state index < -0.39 is 17.2 Å². The van der Waals surface area contributed by atoms with Crippen LogP contribution in [-0.2, 0) is 20.8 Å². The summed E-state index contributed by atoms with van der Waals surface area (Å²) in [5.74, 6) is -0.788. The Morgan fingerprint density at radius 1 is 0.800 bits per heavy atom. The highest BCUT2D eigenvalue weighted by Crippen LogP contribution is 2.44. The zero-order chi connectivity index (χ0) is 31.6. The third-order valence-corrected chi connectivity index (χ3v) is 7.93. The molecule has 0 saturated heterocycles. The highest BCUT2D eigenvalue weighted by atomic mass is 16.5. The molecule has 9 nitrogen and oxygen atoms in total. The van der Waals surface area contributed by atoms with Gasteiger partial charge in [-0.15, -0.1) is 0 Å². The van der Waals surface area contributed by atoms with E-state index in [2.05, 4.69) is 10.1 Å². The summed E-state index contributed by atoms with van der Waals surface area (Å²) < 4.78 is 5.54. The van der Waals surface area contributed by atoms with E-state index in [9.17, 15) is 14.4 Å². The minimum Gasteiger partial charge on any atom is -0.334 e. The maximum absolute atomic E-state index is 14.8. The Morgan fingerprint density at radius 3 is 2.02 bits per heavy atom. The zero-order valence-electron chi connectivity index (χ0n) is 25.3. The van der Waals surface area contributed by atoms with E-state index in [0.29, 0.717) is 17.1 Å². The van der Waals surface area contributed by atoms with Crippen LogP contribution in [0.3, 0.4) is 0 Å². The molecule has 0 radical (unpaired) electrons. The second-order valence-corrected chi connectivity index (χ2v) is 11.4. The van der Waals surface area contributed by atoms with Crippen LogP contribution in [0, 0.1) is 5.41 Å². The molecule has 5 aromatic rings. The summed E-state index contributed by atoms with van der Waals surface area (Å²) in [5.41, 5.74) is 1.29. The number of carbonyl (C=O) groups is 3. The van der Waals surface area contributed by atoms with E-state index in [0.717, 1.165) is 11.3 Å². The molecule has 1 unspecified atom stereocenters. The molecule has 2 heterocycles. The number of amides is 3. The van der Waals surface area contributed by atoms with Crippen LogP contribution in [0.25, 0.3) is 11.5 Å². The molecule has 0 bridgehead atoms. The first-order valence-electron chi connectivity index (χ1n) is 14.8. The smallest absolute Gasteiger partial charge is 0.257 e. The van der Waals surface area contributed by atoms with Crippen LogP contribution in [0.4, 0.5) is 22.7 Å². The number of aromatic nitrogens is 2. The first-order chi connectivity index (χ1) is 21.8. The molecule has 0 saturated carbocycles. The third-order valence-electron chi connectivity index (χ3n) is 7.93. The van der Waals surface area contributed by atoms with Gasteiger partial charge in [0, 0.05) is 29.4 Å². The molecule has 1 atom stereocenters. The molecule has 1 aliphatic rings. The molecule has 9 heteroatoms. The lowest BCUT2D eigenvalue weighted by molar-refractivity contribution is -0.139. The Kier molecular flexibility index (Phi) is 8.00. The Balaban J connectivity index is 1.46. The van der Waals surface area contributed by atoms with Crippen molar-refractivity contribution in [1.29, 1.82) is 0 Å². The normalized spacial score (nSPS) is 16.4. The van der Waals surface area contributed by atoms with Crippen molar-refractivity contribution in [3.63, 3.8) is 0 Å². The van der Waals surface area contributed by atoms with Crippen molar-refractivity contribution in [2.24, 2.45) is 5.41 Å². The van der Waals surface area contributed by atoms with Gasteiger partial charge in [0.05, 0.1) is 11.4 Å². The van der Waals surface area contributed by atoms with E-state index in [-0.39, 0.29) is 36.6 Å². The maximum atomic E-state index is 14.8. The number of fused-ring (bicyclic) bond motifs is 1. The topological polar surface area (TPSA) is 99.9 Å². The number of hydrogen-bond acceptors (Lipinski definition) is 6. The molecule has 1 aliphatic heterocycles. The lowest BCUT2D eigenvalue weighted by Gasteiger charge is -2.33. The molecule has 1 aromatic heterocycles. The molecule has 0 fully saturated rings. The van der Waals surface area contributed by atoms with Crippen LogP contribution in [0.15, 0.2) is 120 Å². The van der Waals surface area contributed by atoms with Crippen molar-refractivity contribution >= 4 is 40.5 Å². The highest BCUT2D eigenvalue weighted by molar-refractivity contribution is 6.24. The fourth-order valence-electron chi connectivity index (χ4n) is 5.75. The van der Waals surface area contributed by atoms with Crippen LogP contribution in [0.1, 0.15) is 26.6 Å². The maximum Gasteiger partial charge on any atom is 0.257 e. The quantitative estimate of drug-likeness (QED) is 0.190. The van der Waals surface area contributed by atoms with Crippen molar-refractivity contribution < 1.29 is 18.9 Å². The summed E-state index contributed by atoms with van der Waals surface area (Å²) in [4.78, 5) is 52.8. The van der Waals surface area contributed by atoms with Gasteiger partial charge in [-0.3, -0.25) is 24.2 Å². The van der Waals surface area contributed by atoms with Crippen molar-refractivity contribution in [1.82, 2.24) is 10.1 Å². The molecule has 0 aliphatic carbocycles. The number of hydrogen-bond donors (Lipinski definition) is 0. The molecule has 4 aromatic carbocycles. The van der Waals surface area contributed by atoms with Gasteiger partial charge in [-0.05, 0) is 69.3 Å². The number of benzene rings is 4. The van der Waals surface area contributed by atoms with Gasteiger partial charge in [0.1, 0.15) is 12.0 Å². The van der Waals surface area contributed by atoms with Gasteiger partial charge < -0.3 is 9.42 Å². The predicted molar refractivity (Wildman–Crippen MR) is 173 cm³/mol. The molecule has 226 valence electrons. The molecule has 3 amide bonds. The van der Waals surface area contributed by atoms with Crippen LogP contribution in [0.5, 0.6) is 0 Å². The van der Waals surface area contributed by atoms with Gasteiger partial charge in [0.25, 0.3) is 5.89 Å². The summed E-state index contributed by atoms with van der Waals surface area (Å²) in [5, 5.41) is 4.15. The summed E-state index contributed by atoms with van der Waals surface area (Å²) in [6, 6.07) is 34.8. The SMILES string of the molecule is CC(C)N(C(=O)CN1C(=O)C(C)(Cc2noc(-c3ccccc3)n2)C(=O)N(c2ccccc2)c2ccccc21)c1ccccc1. The average Bonchev–Trinajstić information content (AvgIpc) is 3.51. The molecule has 45 heavy (non-hydrogen) atoms. The molecular formula is C36H33N5O4. The number of rotatable bonds is 8. The Bertz CT molecular complexity index is 1820. The van der Waals surface area contributed by atoms with E-state index in [1.165, 1.54) is 4.90 Å². The second kappa shape index (κ2) is 12.2. The largest absolute Gasteiger partial charge is 0.334 e. The number of nitrogens with zero attached hydrogens (tertiary/aromatic N) is 5. The van der Waals surface area contributed by atoms with Crippen molar-refractivity contribution in [2.75, 3.05) is 21.2 Å².